The summed E-state index contributed by atoms with van der Waals surface area (Å²) in [6, 6.07) is 12.2. The molecule has 0 spiro atoms. The van der Waals surface area contributed by atoms with Gasteiger partial charge in [0.25, 0.3) is 5.56 Å². The Morgan fingerprint density at radius 2 is 1.62 bits per heavy atom. The molecular weight excluding hydrogens is 492 g/mol. The normalized spacial score (nSPS) is 11.8. The van der Waals surface area contributed by atoms with E-state index in [1.165, 1.54) is 20.5 Å². The molecule has 0 fully saturated rings. The number of carbonyl (C=O) groups excluding carboxylic acids is 2. The number of hydrogen-bond donors (Lipinski definition) is 2. The van der Waals surface area contributed by atoms with Crippen LogP contribution in [0.1, 0.15) is 38.6 Å². The lowest BCUT2D eigenvalue weighted by molar-refractivity contribution is -0.118. The zero-order chi connectivity index (χ0) is 26.7. The molecule has 0 bridgehead atoms. The van der Waals surface area contributed by atoms with Crippen molar-refractivity contribution in [1.82, 2.24) is 14.1 Å². The van der Waals surface area contributed by atoms with E-state index in [1.807, 2.05) is 19.9 Å². The number of benzene rings is 2. The predicted octanol–water partition coefficient (Wildman–Crippen LogP) is 3.68. The number of aromatic nitrogens is 3. The third-order valence-corrected chi connectivity index (χ3v) is 6.90. The van der Waals surface area contributed by atoms with Gasteiger partial charge in [-0.2, -0.15) is 5.26 Å². The molecule has 2 N–H and O–H groups in total. The topological polar surface area (TPSA) is 139 Å². The van der Waals surface area contributed by atoms with Crippen LogP contribution in [0.2, 0.25) is 0 Å². The zero-order valence-corrected chi connectivity index (χ0v) is 21.5. The molecule has 2 aromatic carbocycles. The first-order valence-corrected chi connectivity index (χ1v) is 12.7. The number of rotatable bonds is 8. The molecule has 1 unspecified atom stereocenters. The number of nitriles is 1. The lowest BCUT2D eigenvalue weighted by Crippen LogP contribution is -2.39. The standard InChI is InChI=1S/C26H26N6O4S/c1-4-31-20-9-7-16(12-18(20)25(35)32(5-2)26(31)36)28-22(33)10-15(3)11-23(34)29-17-6-8-19-21(13-17)37-24(14-27)30-19/h6-9,12-13,15H,4-5,10-11H2,1-3H3,(H,28,33)(H,29,34). The maximum atomic E-state index is 12.8. The lowest BCUT2D eigenvalue weighted by atomic mass is 10.0. The first-order chi connectivity index (χ1) is 17.7. The van der Waals surface area contributed by atoms with E-state index in [0.717, 1.165) is 4.70 Å². The summed E-state index contributed by atoms with van der Waals surface area (Å²) >= 11 is 1.25. The van der Waals surface area contributed by atoms with E-state index in [-0.39, 0.29) is 42.8 Å². The minimum atomic E-state index is -0.395. The molecule has 2 heterocycles. The number of carbonyl (C=O) groups is 2. The Bertz CT molecular complexity index is 1680. The van der Waals surface area contributed by atoms with Crippen molar-refractivity contribution >= 4 is 55.6 Å². The molecule has 2 aromatic heterocycles. The highest BCUT2D eigenvalue weighted by atomic mass is 32.1. The van der Waals surface area contributed by atoms with Crippen molar-refractivity contribution in [3.63, 3.8) is 0 Å². The van der Waals surface area contributed by atoms with Crippen molar-refractivity contribution in [2.24, 2.45) is 5.92 Å². The van der Waals surface area contributed by atoms with Gasteiger partial charge in [0, 0.05) is 37.3 Å². The molecule has 0 saturated carbocycles. The van der Waals surface area contributed by atoms with Crippen LogP contribution in [0.25, 0.3) is 21.1 Å². The Morgan fingerprint density at radius 1 is 1.00 bits per heavy atom. The molecule has 2 amide bonds. The Kier molecular flexibility index (Phi) is 7.50. The van der Waals surface area contributed by atoms with Crippen LogP contribution in [0.3, 0.4) is 0 Å². The van der Waals surface area contributed by atoms with Crippen molar-refractivity contribution in [2.45, 2.75) is 46.7 Å². The highest BCUT2D eigenvalue weighted by molar-refractivity contribution is 7.19. The van der Waals surface area contributed by atoms with Gasteiger partial charge in [0.1, 0.15) is 6.07 Å². The molecule has 4 aromatic rings. The molecule has 0 saturated heterocycles. The Hall–Kier alpha value is -4.30. The molecule has 190 valence electrons. The SMILES string of the molecule is CCn1c(=O)c2cc(NC(=O)CC(C)CC(=O)Nc3ccc4nc(C#N)sc4c3)ccc2n(CC)c1=O. The summed E-state index contributed by atoms with van der Waals surface area (Å²) < 4.78 is 3.51. The number of hydrogen-bond acceptors (Lipinski definition) is 7. The van der Waals surface area contributed by atoms with Crippen molar-refractivity contribution in [3.8, 4) is 6.07 Å². The third-order valence-electron chi connectivity index (χ3n) is 5.98. The third kappa shape index (κ3) is 5.44. The fraction of sp³-hybridized carbons (Fsp3) is 0.308. The van der Waals surface area contributed by atoms with Gasteiger partial charge in [0.2, 0.25) is 11.8 Å². The first-order valence-electron chi connectivity index (χ1n) is 11.9. The number of fused-ring (bicyclic) bond motifs is 2. The highest BCUT2D eigenvalue weighted by Crippen LogP contribution is 2.25. The van der Waals surface area contributed by atoms with E-state index in [0.29, 0.717) is 39.3 Å². The van der Waals surface area contributed by atoms with Crippen LogP contribution in [0.15, 0.2) is 46.0 Å². The minimum Gasteiger partial charge on any atom is -0.326 e. The van der Waals surface area contributed by atoms with Crippen molar-refractivity contribution in [2.75, 3.05) is 10.6 Å². The molecule has 4 rings (SSSR count). The number of nitrogens with zero attached hydrogens (tertiary/aromatic N) is 4. The monoisotopic (exact) mass is 518 g/mol. The quantitative estimate of drug-likeness (QED) is 0.365. The van der Waals surface area contributed by atoms with Gasteiger partial charge < -0.3 is 10.6 Å². The Balaban J connectivity index is 1.40. The summed E-state index contributed by atoms with van der Waals surface area (Å²) in [5.74, 6) is -0.747. The number of thiazole rings is 1. The first kappa shape index (κ1) is 25.8. The zero-order valence-electron chi connectivity index (χ0n) is 20.7. The molecule has 0 aliphatic carbocycles. The fourth-order valence-corrected chi connectivity index (χ4v) is 5.07. The van der Waals surface area contributed by atoms with E-state index in [1.54, 1.807) is 43.3 Å². The number of aryl methyl sites for hydroxylation is 1. The summed E-state index contributed by atoms with van der Waals surface area (Å²) in [6.45, 7) is 6.05. The average molecular weight is 519 g/mol. The van der Waals surface area contributed by atoms with Gasteiger partial charge in [0.15, 0.2) is 5.01 Å². The van der Waals surface area contributed by atoms with Crippen molar-refractivity contribution in [1.29, 1.82) is 5.26 Å². The number of nitrogens with one attached hydrogen (secondary N) is 2. The molecular formula is C26H26N6O4S. The van der Waals surface area contributed by atoms with Gasteiger partial charge in [-0.25, -0.2) is 9.78 Å². The summed E-state index contributed by atoms with van der Waals surface area (Å²) in [5.41, 5.74) is 1.51. The van der Waals surface area contributed by atoms with Gasteiger partial charge in [-0.1, -0.05) is 6.92 Å². The van der Waals surface area contributed by atoms with Gasteiger partial charge in [-0.05, 0) is 56.2 Å². The van der Waals surface area contributed by atoms with E-state index in [9.17, 15) is 19.2 Å². The fourth-order valence-electron chi connectivity index (χ4n) is 4.27. The second kappa shape index (κ2) is 10.8. The summed E-state index contributed by atoms with van der Waals surface area (Å²) in [4.78, 5) is 54.7. The number of amides is 2. The van der Waals surface area contributed by atoms with Gasteiger partial charge in [-0.15, -0.1) is 11.3 Å². The van der Waals surface area contributed by atoms with E-state index in [4.69, 9.17) is 5.26 Å². The van der Waals surface area contributed by atoms with E-state index in [2.05, 4.69) is 15.6 Å². The summed E-state index contributed by atoms with van der Waals surface area (Å²) in [6.07, 6.45) is 0.248. The van der Waals surface area contributed by atoms with Crippen LogP contribution >= 0.6 is 11.3 Å². The second-order valence-corrected chi connectivity index (χ2v) is 9.76. The Morgan fingerprint density at radius 3 is 2.24 bits per heavy atom. The van der Waals surface area contributed by atoms with Gasteiger partial charge >= 0.3 is 5.69 Å². The molecule has 1 atom stereocenters. The summed E-state index contributed by atoms with van der Waals surface area (Å²) in [5, 5.41) is 15.3. The highest BCUT2D eigenvalue weighted by Gasteiger charge is 2.16. The lowest BCUT2D eigenvalue weighted by Gasteiger charge is -2.14. The van der Waals surface area contributed by atoms with E-state index >= 15 is 0 Å². The van der Waals surface area contributed by atoms with Crippen LogP contribution in [-0.2, 0) is 22.7 Å². The Labute approximate surface area is 216 Å². The molecule has 37 heavy (non-hydrogen) atoms. The second-order valence-electron chi connectivity index (χ2n) is 8.73. The van der Waals surface area contributed by atoms with Crippen LogP contribution < -0.4 is 21.9 Å². The van der Waals surface area contributed by atoms with Crippen LogP contribution in [0.5, 0.6) is 0 Å². The van der Waals surface area contributed by atoms with Crippen LogP contribution in [0.4, 0.5) is 11.4 Å². The maximum absolute atomic E-state index is 12.8. The largest absolute Gasteiger partial charge is 0.331 e. The van der Waals surface area contributed by atoms with Crippen molar-refractivity contribution in [3.05, 3.63) is 62.2 Å². The van der Waals surface area contributed by atoms with Crippen LogP contribution in [-0.4, -0.2) is 25.9 Å². The molecule has 10 nitrogen and oxygen atoms in total. The van der Waals surface area contributed by atoms with Gasteiger partial charge in [-0.3, -0.25) is 23.5 Å². The number of anilines is 2. The van der Waals surface area contributed by atoms with E-state index < -0.39 is 5.56 Å². The summed E-state index contributed by atoms with van der Waals surface area (Å²) in [7, 11) is 0. The molecule has 0 radical (unpaired) electrons. The molecule has 0 aliphatic heterocycles. The smallest absolute Gasteiger partial charge is 0.326 e. The van der Waals surface area contributed by atoms with Crippen LogP contribution in [0, 0.1) is 17.2 Å². The van der Waals surface area contributed by atoms with Crippen molar-refractivity contribution < 1.29 is 9.59 Å². The minimum absolute atomic E-state index is 0.110. The molecule has 11 heteroatoms. The predicted molar refractivity (Wildman–Crippen MR) is 144 cm³/mol. The molecule has 0 aliphatic rings. The average Bonchev–Trinajstić information content (AvgIpc) is 3.27. The van der Waals surface area contributed by atoms with Gasteiger partial charge in [0.05, 0.1) is 21.1 Å². The maximum Gasteiger partial charge on any atom is 0.331 e.